The van der Waals surface area contributed by atoms with Crippen molar-refractivity contribution < 1.29 is 0 Å². The maximum absolute atomic E-state index is 5.54. The summed E-state index contributed by atoms with van der Waals surface area (Å²) in [5, 5.41) is 10.5. The molecule has 0 aliphatic carbocycles. The number of rotatable bonds is 6. The molecule has 0 saturated carbocycles. The summed E-state index contributed by atoms with van der Waals surface area (Å²) >= 11 is 0. The second-order valence-electron chi connectivity index (χ2n) is 12.0. The van der Waals surface area contributed by atoms with E-state index in [0.29, 0.717) is 0 Å². The van der Waals surface area contributed by atoms with Crippen molar-refractivity contribution in [2.75, 3.05) is 0 Å². The molecule has 7 aromatic rings. The van der Waals surface area contributed by atoms with Crippen molar-refractivity contribution in [3.05, 3.63) is 155 Å². The van der Waals surface area contributed by atoms with Crippen molar-refractivity contribution in [2.45, 2.75) is 46.6 Å². The lowest BCUT2D eigenvalue weighted by Gasteiger charge is -2.22. The first-order valence-corrected chi connectivity index (χ1v) is 16.0. The molecule has 0 amide bonds. The first kappa shape index (κ1) is 28.6. The van der Waals surface area contributed by atoms with Crippen LogP contribution in [0, 0.1) is 25.7 Å². The van der Waals surface area contributed by atoms with E-state index in [1.807, 2.05) is 6.92 Å². The number of aliphatic imine (C=N–C) groups is 1. The summed E-state index contributed by atoms with van der Waals surface area (Å²) in [6.07, 6.45) is 1.99. The van der Waals surface area contributed by atoms with Gasteiger partial charge in [0, 0.05) is 11.1 Å². The lowest BCUT2D eigenvalue weighted by Crippen LogP contribution is -2.10. The molecule has 1 heteroatoms. The molecule has 0 spiro atoms. The fourth-order valence-corrected chi connectivity index (χ4v) is 7.12. The van der Waals surface area contributed by atoms with E-state index in [2.05, 4.69) is 154 Å². The summed E-state index contributed by atoms with van der Waals surface area (Å²) in [5.74, 6) is 6.80. The van der Waals surface area contributed by atoms with E-state index in [1.165, 1.54) is 65.3 Å². The van der Waals surface area contributed by atoms with Crippen LogP contribution in [0.4, 0.5) is 0 Å². The van der Waals surface area contributed by atoms with Crippen LogP contribution in [0.2, 0.25) is 0 Å². The fourth-order valence-electron chi connectivity index (χ4n) is 7.12. The zero-order chi connectivity index (χ0) is 30.9. The average molecular weight is 580 g/mol. The number of aryl methyl sites for hydroxylation is 3. The molecule has 0 fully saturated rings. The Morgan fingerprint density at radius 1 is 0.622 bits per heavy atom. The number of benzene rings is 7. The SMILES string of the molecule is CC#CC(N=C(c1ccccc1)c1ccccc1C)c1ccc2c(c1CCC)c1c(C)cccc1c1ccc3ccccc3c12. The molecule has 0 aromatic heterocycles. The van der Waals surface area contributed by atoms with E-state index in [0.717, 1.165) is 29.7 Å². The fraction of sp³-hybridized carbons (Fsp3) is 0.159. The molecule has 0 aliphatic heterocycles. The summed E-state index contributed by atoms with van der Waals surface area (Å²) in [4.78, 5) is 5.54. The van der Waals surface area contributed by atoms with Gasteiger partial charge < -0.3 is 0 Å². The van der Waals surface area contributed by atoms with Gasteiger partial charge in [0.2, 0.25) is 0 Å². The van der Waals surface area contributed by atoms with Crippen molar-refractivity contribution in [2.24, 2.45) is 4.99 Å². The third kappa shape index (κ3) is 4.98. The third-order valence-electron chi connectivity index (χ3n) is 9.14. The molecular formula is C44H37N. The molecule has 0 heterocycles. The highest BCUT2D eigenvalue weighted by Crippen LogP contribution is 2.43. The second kappa shape index (κ2) is 12.1. The predicted octanol–water partition coefficient (Wildman–Crippen LogP) is 11.5. The third-order valence-corrected chi connectivity index (χ3v) is 9.14. The van der Waals surface area contributed by atoms with Gasteiger partial charge >= 0.3 is 0 Å². The molecule has 7 aromatic carbocycles. The van der Waals surface area contributed by atoms with Crippen LogP contribution in [0.1, 0.15) is 59.7 Å². The zero-order valence-electron chi connectivity index (χ0n) is 26.5. The van der Waals surface area contributed by atoms with Gasteiger partial charge in [0.15, 0.2) is 0 Å². The summed E-state index contributed by atoms with van der Waals surface area (Å²) < 4.78 is 0. The van der Waals surface area contributed by atoms with Crippen LogP contribution in [0.15, 0.2) is 126 Å². The molecule has 7 rings (SSSR count). The smallest absolute Gasteiger partial charge is 0.136 e. The van der Waals surface area contributed by atoms with E-state index in [9.17, 15) is 0 Å². The summed E-state index contributed by atoms with van der Waals surface area (Å²) in [5.41, 5.74) is 8.29. The topological polar surface area (TPSA) is 12.4 Å². The van der Waals surface area contributed by atoms with Gasteiger partial charge in [-0.05, 0) is 92.5 Å². The molecule has 0 radical (unpaired) electrons. The molecule has 0 N–H and O–H groups in total. The van der Waals surface area contributed by atoms with Gasteiger partial charge in [-0.25, -0.2) is 0 Å². The largest absolute Gasteiger partial charge is 0.263 e. The standard InChI is InChI=1S/C44H37N/c1-5-15-36-35(40(16-6-2)45-44(32-20-8-7-9-21-32)33-22-12-10-17-29(33)3)27-28-39-42-34-23-13-11-19-31(34)25-26-38(42)37-24-14-18-30(4)41(37)43(36)39/h7-14,17-28,40H,5,15H2,1-4H3. The van der Waals surface area contributed by atoms with E-state index in [4.69, 9.17) is 4.99 Å². The van der Waals surface area contributed by atoms with Crippen molar-refractivity contribution in [3.8, 4) is 11.8 Å². The molecular weight excluding hydrogens is 542 g/mol. The Kier molecular flexibility index (Phi) is 7.66. The van der Waals surface area contributed by atoms with Gasteiger partial charge in [-0.15, -0.1) is 5.92 Å². The molecule has 1 atom stereocenters. The lowest BCUT2D eigenvalue weighted by atomic mass is 9.84. The first-order valence-electron chi connectivity index (χ1n) is 16.0. The molecule has 218 valence electrons. The normalized spacial score (nSPS) is 12.5. The van der Waals surface area contributed by atoms with E-state index in [1.54, 1.807) is 0 Å². The van der Waals surface area contributed by atoms with Gasteiger partial charge in [-0.1, -0.05) is 141 Å². The Hall–Kier alpha value is -5.19. The number of hydrogen-bond donors (Lipinski definition) is 0. The molecule has 0 saturated heterocycles. The van der Waals surface area contributed by atoms with E-state index >= 15 is 0 Å². The van der Waals surface area contributed by atoms with E-state index < -0.39 is 0 Å². The van der Waals surface area contributed by atoms with Crippen molar-refractivity contribution in [1.82, 2.24) is 0 Å². The Morgan fingerprint density at radius 3 is 2.11 bits per heavy atom. The van der Waals surface area contributed by atoms with Crippen LogP contribution in [-0.2, 0) is 6.42 Å². The number of fused-ring (bicyclic) bond motifs is 8. The first-order chi connectivity index (χ1) is 22.1. The second-order valence-corrected chi connectivity index (χ2v) is 12.0. The van der Waals surface area contributed by atoms with E-state index in [-0.39, 0.29) is 6.04 Å². The minimum Gasteiger partial charge on any atom is -0.263 e. The highest BCUT2D eigenvalue weighted by atomic mass is 14.8. The van der Waals surface area contributed by atoms with Crippen LogP contribution in [0.5, 0.6) is 0 Å². The minimum absolute atomic E-state index is 0.307. The highest BCUT2D eigenvalue weighted by molar-refractivity contribution is 6.32. The van der Waals surface area contributed by atoms with Crippen LogP contribution in [0.3, 0.4) is 0 Å². The van der Waals surface area contributed by atoms with Crippen molar-refractivity contribution in [1.29, 1.82) is 0 Å². The van der Waals surface area contributed by atoms with Crippen LogP contribution >= 0.6 is 0 Å². The highest BCUT2D eigenvalue weighted by Gasteiger charge is 2.22. The quantitative estimate of drug-likeness (QED) is 0.106. The van der Waals surface area contributed by atoms with Gasteiger partial charge in [-0.3, -0.25) is 4.99 Å². The van der Waals surface area contributed by atoms with Crippen LogP contribution in [0.25, 0.3) is 43.1 Å². The van der Waals surface area contributed by atoms with Crippen LogP contribution < -0.4 is 0 Å². The summed E-state index contributed by atoms with van der Waals surface area (Å²) in [7, 11) is 0. The molecule has 45 heavy (non-hydrogen) atoms. The maximum atomic E-state index is 5.54. The molecule has 1 nitrogen and oxygen atoms in total. The van der Waals surface area contributed by atoms with Gasteiger partial charge in [-0.2, -0.15) is 0 Å². The monoisotopic (exact) mass is 579 g/mol. The zero-order valence-corrected chi connectivity index (χ0v) is 26.5. The number of nitrogens with zero attached hydrogens (tertiary/aromatic N) is 1. The maximum Gasteiger partial charge on any atom is 0.136 e. The summed E-state index contributed by atoms with van der Waals surface area (Å²) in [6.45, 7) is 8.63. The number of hydrogen-bond acceptors (Lipinski definition) is 1. The summed E-state index contributed by atoms with van der Waals surface area (Å²) in [6, 6.07) is 43.6. The molecule has 0 bridgehead atoms. The molecule has 1 unspecified atom stereocenters. The minimum atomic E-state index is -0.307. The predicted molar refractivity (Wildman–Crippen MR) is 195 cm³/mol. The lowest BCUT2D eigenvalue weighted by molar-refractivity contribution is 0.871. The van der Waals surface area contributed by atoms with Gasteiger partial charge in [0.25, 0.3) is 0 Å². The Balaban J connectivity index is 1.61. The van der Waals surface area contributed by atoms with Gasteiger partial charge in [0.1, 0.15) is 6.04 Å². The average Bonchev–Trinajstić information content (AvgIpc) is 3.07. The van der Waals surface area contributed by atoms with Gasteiger partial charge in [0.05, 0.1) is 5.71 Å². The van der Waals surface area contributed by atoms with Crippen molar-refractivity contribution in [3.63, 3.8) is 0 Å². The Morgan fingerprint density at radius 2 is 1.31 bits per heavy atom. The molecule has 0 aliphatic rings. The Bertz CT molecular complexity index is 2310. The Labute approximate surface area is 266 Å². The van der Waals surface area contributed by atoms with Crippen LogP contribution in [-0.4, -0.2) is 5.71 Å². The van der Waals surface area contributed by atoms with Crippen molar-refractivity contribution >= 4 is 48.8 Å².